The Hall–Kier alpha value is -1.79. The number of benzene rings is 1. The van der Waals surface area contributed by atoms with Crippen LogP contribution in [0.2, 0.25) is 0 Å². The number of likely N-dealkylation sites (tertiary alicyclic amines) is 1. The summed E-state index contributed by atoms with van der Waals surface area (Å²) in [5.74, 6) is 1.38. The van der Waals surface area contributed by atoms with Crippen LogP contribution < -0.4 is 10.1 Å². The molecule has 1 spiro atoms. The second-order valence-corrected chi connectivity index (χ2v) is 9.64. The number of phenols is 1. The number of ether oxygens (including phenoxy) is 1. The van der Waals surface area contributed by atoms with Crippen LogP contribution in [0, 0.1) is 5.92 Å². The first-order chi connectivity index (χ1) is 13.4. The molecular formula is C22H28N2O4. The van der Waals surface area contributed by atoms with Crippen molar-refractivity contribution in [2.24, 2.45) is 5.92 Å². The molecule has 2 bridgehead atoms. The highest BCUT2D eigenvalue weighted by molar-refractivity contribution is 5.73. The fraction of sp³-hybridized carbons (Fsp3) is 0.682. The smallest absolute Gasteiger partial charge is 0.217 e. The fourth-order valence-electron chi connectivity index (χ4n) is 6.89. The van der Waals surface area contributed by atoms with Crippen LogP contribution in [0.15, 0.2) is 12.1 Å². The maximum Gasteiger partial charge on any atom is 0.217 e. The maximum atomic E-state index is 12.2. The summed E-state index contributed by atoms with van der Waals surface area (Å²) in [6.45, 7) is 3.54. The van der Waals surface area contributed by atoms with Gasteiger partial charge < -0.3 is 20.3 Å². The molecule has 3 N–H and O–H groups in total. The van der Waals surface area contributed by atoms with Gasteiger partial charge in [0.2, 0.25) is 5.91 Å². The van der Waals surface area contributed by atoms with Crippen molar-refractivity contribution >= 4 is 5.91 Å². The SMILES string of the molecule is CC(=O)NC1CC[C@]2(O)C3Cc4ccc(O)c5c4C2(CCN3CC2CC2)[C@@H]1O5. The number of nitrogens with zero attached hydrogens (tertiary/aromatic N) is 1. The summed E-state index contributed by atoms with van der Waals surface area (Å²) >= 11 is 0. The Bertz CT molecular complexity index is 868. The third-order valence-electron chi connectivity index (χ3n) is 8.15. The van der Waals surface area contributed by atoms with Gasteiger partial charge in [-0.3, -0.25) is 9.69 Å². The summed E-state index contributed by atoms with van der Waals surface area (Å²) in [5.41, 5.74) is 0.766. The van der Waals surface area contributed by atoms with Crippen LogP contribution in [0.25, 0.3) is 0 Å². The lowest BCUT2D eigenvalue weighted by atomic mass is 9.48. The number of phenolic OH excluding ortho intramolecular Hbond substituents is 1. The molecule has 2 heterocycles. The van der Waals surface area contributed by atoms with Crippen LogP contribution in [-0.2, 0) is 16.6 Å². The predicted octanol–water partition coefficient (Wildman–Crippen LogP) is 1.46. The molecule has 0 radical (unpaired) electrons. The highest BCUT2D eigenvalue weighted by Gasteiger charge is 2.73. The summed E-state index contributed by atoms with van der Waals surface area (Å²) in [7, 11) is 0. The Balaban J connectivity index is 1.52. The normalized spacial score (nSPS) is 40.6. The van der Waals surface area contributed by atoms with Crippen LogP contribution in [0.4, 0.5) is 0 Å². The van der Waals surface area contributed by atoms with Gasteiger partial charge in [-0.05, 0) is 62.6 Å². The third kappa shape index (κ3) is 1.98. The third-order valence-corrected chi connectivity index (χ3v) is 8.15. The van der Waals surface area contributed by atoms with E-state index in [9.17, 15) is 15.0 Å². The molecule has 1 saturated heterocycles. The van der Waals surface area contributed by atoms with Gasteiger partial charge in [0.1, 0.15) is 6.10 Å². The first kappa shape index (κ1) is 17.1. The number of rotatable bonds is 3. The minimum atomic E-state index is -0.883. The number of hydrogen-bond acceptors (Lipinski definition) is 5. The monoisotopic (exact) mass is 384 g/mol. The Kier molecular flexibility index (Phi) is 3.31. The van der Waals surface area contributed by atoms with E-state index < -0.39 is 11.0 Å². The van der Waals surface area contributed by atoms with Crippen LogP contribution >= 0.6 is 0 Å². The molecular weight excluding hydrogens is 356 g/mol. The van der Waals surface area contributed by atoms with Gasteiger partial charge in [0.05, 0.1) is 17.1 Å². The highest BCUT2D eigenvalue weighted by Crippen LogP contribution is 2.65. The zero-order valence-corrected chi connectivity index (χ0v) is 16.3. The standard InChI is InChI=1S/C22H28N2O4/c1-12(25)23-15-6-7-22(27)17-10-14-4-5-16(26)19-18(14)21(22,20(15)28-19)8-9-24(17)11-13-2-3-13/h4-5,13,15,17,20,26-27H,2-3,6-11H2,1H3,(H,23,25)/t15?,17?,20-,21?,22+/m1/s1. The van der Waals surface area contributed by atoms with Gasteiger partial charge in [0.15, 0.2) is 11.5 Å². The molecule has 150 valence electrons. The number of carbonyl (C=O) groups excluding carboxylic acids is 1. The van der Waals surface area contributed by atoms with Crippen LogP contribution in [-0.4, -0.2) is 57.9 Å². The Morgan fingerprint density at radius 3 is 2.89 bits per heavy atom. The van der Waals surface area contributed by atoms with Crippen molar-refractivity contribution in [2.45, 2.75) is 74.7 Å². The van der Waals surface area contributed by atoms with Crippen LogP contribution in [0.3, 0.4) is 0 Å². The number of aromatic hydroxyl groups is 1. The molecule has 3 aliphatic carbocycles. The van der Waals surface area contributed by atoms with Gasteiger partial charge in [-0.2, -0.15) is 0 Å². The number of amides is 1. The molecule has 2 saturated carbocycles. The van der Waals surface area contributed by atoms with E-state index in [1.165, 1.54) is 25.3 Å². The lowest BCUT2D eigenvalue weighted by molar-refractivity contribution is -0.192. The Labute approximate surface area is 164 Å². The molecule has 5 atom stereocenters. The molecule has 2 aliphatic heterocycles. The van der Waals surface area contributed by atoms with Crippen molar-refractivity contribution in [1.82, 2.24) is 10.2 Å². The molecule has 1 aromatic rings. The quantitative estimate of drug-likeness (QED) is 0.735. The van der Waals surface area contributed by atoms with Crippen molar-refractivity contribution in [3.05, 3.63) is 23.3 Å². The topological polar surface area (TPSA) is 82.0 Å². The van der Waals surface area contributed by atoms with Crippen molar-refractivity contribution in [1.29, 1.82) is 0 Å². The second-order valence-electron chi connectivity index (χ2n) is 9.64. The molecule has 0 aromatic heterocycles. The van der Waals surface area contributed by atoms with E-state index in [2.05, 4.69) is 10.2 Å². The largest absolute Gasteiger partial charge is 0.504 e. The summed E-state index contributed by atoms with van der Waals surface area (Å²) in [4.78, 5) is 14.4. The van der Waals surface area contributed by atoms with E-state index in [0.29, 0.717) is 18.6 Å². The molecule has 3 unspecified atom stereocenters. The minimum absolute atomic E-state index is 0.0747. The highest BCUT2D eigenvalue weighted by atomic mass is 16.5. The van der Waals surface area contributed by atoms with E-state index in [1.807, 2.05) is 6.07 Å². The molecule has 28 heavy (non-hydrogen) atoms. The van der Waals surface area contributed by atoms with Crippen LogP contribution in [0.1, 0.15) is 50.2 Å². The van der Waals surface area contributed by atoms with E-state index >= 15 is 0 Å². The van der Waals surface area contributed by atoms with Crippen molar-refractivity contribution in [3.63, 3.8) is 0 Å². The van der Waals surface area contributed by atoms with Crippen LogP contribution in [0.5, 0.6) is 11.5 Å². The van der Waals surface area contributed by atoms with Gasteiger partial charge in [-0.15, -0.1) is 0 Å². The predicted molar refractivity (Wildman–Crippen MR) is 102 cm³/mol. The van der Waals surface area contributed by atoms with E-state index in [1.54, 1.807) is 6.07 Å². The average Bonchev–Trinajstić information content (AvgIpc) is 3.38. The molecule has 6 rings (SSSR count). The summed E-state index contributed by atoms with van der Waals surface area (Å²) < 4.78 is 6.37. The summed E-state index contributed by atoms with van der Waals surface area (Å²) in [6.07, 6.45) is 5.22. The van der Waals surface area contributed by atoms with E-state index in [0.717, 1.165) is 37.4 Å². The van der Waals surface area contributed by atoms with Crippen molar-refractivity contribution in [2.75, 3.05) is 13.1 Å². The summed E-state index contributed by atoms with van der Waals surface area (Å²) in [5, 5.41) is 25.8. The van der Waals surface area contributed by atoms with Crippen molar-refractivity contribution < 1.29 is 19.7 Å². The van der Waals surface area contributed by atoms with Crippen molar-refractivity contribution in [3.8, 4) is 11.5 Å². The molecule has 6 nitrogen and oxygen atoms in total. The zero-order valence-electron chi connectivity index (χ0n) is 16.3. The average molecular weight is 384 g/mol. The molecule has 1 amide bonds. The number of nitrogens with one attached hydrogen (secondary N) is 1. The number of piperidine rings is 1. The first-order valence-corrected chi connectivity index (χ1v) is 10.7. The molecule has 3 fully saturated rings. The van der Waals surface area contributed by atoms with E-state index in [4.69, 9.17) is 4.74 Å². The number of aliphatic hydroxyl groups is 1. The molecule has 5 aliphatic rings. The van der Waals surface area contributed by atoms with E-state index in [-0.39, 0.29) is 29.8 Å². The number of carbonyl (C=O) groups is 1. The Morgan fingerprint density at radius 2 is 2.14 bits per heavy atom. The zero-order chi connectivity index (χ0) is 19.3. The second kappa shape index (κ2) is 5.42. The van der Waals surface area contributed by atoms with Gasteiger partial charge in [0, 0.05) is 25.1 Å². The lowest BCUT2D eigenvalue weighted by Gasteiger charge is -2.64. The minimum Gasteiger partial charge on any atom is -0.504 e. The lowest BCUT2D eigenvalue weighted by Crippen LogP contribution is -2.78. The van der Waals surface area contributed by atoms with Gasteiger partial charge in [-0.25, -0.2) is 0 Å². The molecule has 1 aromatic carbocycles. The van der Waals surface area contributed by atoms with Gasteiger partial charge >= 0.3 is 0 Å². The number of hydrogen-bond donors (Lipinski definition) is 3. The molecule has 6 heteroatoms. The fourth-order valence-corrected chi connectivity index (χ4v) is 6.89. The first-order valence-electron chi connectivity index (χ1n) is 10.7. The maximum absolute atomic E-state index is 12.2. The van der Waals surface area contributed by atoms with Gasteiger partial charge in [0.25, 0.3) is 0 Å². The Morgan fingerprint density at radius 1 is 1.32 bits per heavy atom. The van der Waals surface area contributed by atoms with Gasteiger partial charge in [-0.1, -0.05) is 6.07 Å². The summed E-state index contributed by atoms with van der Waals surface area (Å²) in [6, 6.07) is 3.66.